The van der Waals surface area contributed by atoms with E-state index in [9.17, 15) is 9.90 Å². The van der Waals surface area contributed by atoms with Gasteiger partial charge in [0, 0.05) is 6.42 Å². The highest BCUT2D eigenvalue weighted by molar-refractivity contribution is 5.82. The van der Waals surface area contributed by atoms with E-state index in [0.29, 0.717) is 17.1 Å². The second kappa shape index (κ2) is 7.43. The minimum atomic E-state index is -0.762. The first-order valence-electron chi connectivity index (χ1n) is 5.75. The predicted molar refractivity (Wildman–Crippen MR) is 69.7 cm³/mol. The van der Waals surface area contributed by atoms with E-state index in [0.717, 1.165) is 0 Å². The Hall–Kier alpha value is -2.01. The first-order valence-corrected chi connectivity index (χ1v) is 5.75. The van der Waals surface area contributed by atoms with Crippen molar-refractivity contribution in [2.24, 2.45) is 0 Å². The highest BCUT2D eigenvalue weighted by atomic mass is 16.5. The Balaban J connectivity index is 2.73. The first kappa shape index (κ1) is 15.0. The van der Waals surface area contributed by atoms with Crippen molar-refractivity contribution in [3.8, 4) is 5.75 Å². The molecule has 0 aliphatic heterocycles. The van der Waals surface area contributed by atoms with E-state index in [1.165, 1.54) is 20.3 Å². The van der Waals surface area contributed by atoms with E-state index in [1.807, 2.05) is 0 Å². The number of carbonyl (C=O) groups excluding carboxylic acids is 1. The zero-order valence-corrected chi connectivity index (χ0v) is 11.3. The summed E-state index contributed by atoms with van der Waals surface area (Å²) in [6, 6.07) is 7.04. The van der Waals surface area contributed by atoms with E-state index >= 15 is 0 Å². The van der Waals surface area contributed by atoms with Gasteiger partial charge in [-0.2, -0.15) is 0 Å². The van der Waals surface area contributed by atoms with Gasteiger partial charge in [-0.25, -0.2) is 4.79 Å². The van der Waals surface area contributed by atoms with Crippen LogP contribution in [0.25, 0.3) is 0 Å². The number of esters is 1. The van der Waals surface area contributed by atoms with Crippen LogP contribution in [-0.4, -0.2) is 32.4 Å². The van der Waals surface area contributed by atoms with Crippen LogP contribution in [0.15, 0.2) is 36.1 Å². The first-order chi connectivity index (χ1) is 9.10. The molecule has 1 aromatic rings. The monoisotopic (exact) mass is 266 g/mol. The normalized spacial score (nSPS) is 12.7. The number of rotatable bonds is 6. The number of ether oxygens (including phenoxy) is 3. The van der Waals surface area contributed by atoms with Gasteiger partial charge in [0.25, 0.3) is 0 Å². The highest BCUT2D eigenvalue weighted by Crippen LogP contribution is 2.23. The molecule has 0 bridgehead atoms. The zero-order valence-electron chi connectivity index (χ0n) is 11.3. The van der Waals surface area contributed by atoms with Gasteiger partial charge in [0.1, 0.15) is 11.5 Å². The maximum atomic E-state index is 11.1. The molecule has 0 aromatic heterocycles. The molecule has 19 heavy (non-hydrogen) atoms. The van der Waals surface area contributed by atoms with Gasteiger partial charge >= 0.3 is 5.97 Å². The largest absolute Gasteiger partial charge is 0.501 e. The van der Waals surface area contributed by atoms with Crippen molar-refractivity contribution in [1.29, 1.82) is 0 Å². The standard InChI is InChI=1S/C14H18O5/c1-17-11-6-4-10(5-7-11)13(15)8-12(18-2)9-14(16)19-3/h4-7,9,13,15H,8H2,1-3H3/b12-9+. The number of hydrogen-bond acceptors (Lipinski definition) is 5. The molecule has 1 aromatic carbocycles. The molecule has 0 heterocycles. The molecule has 0 amide bonds. The average Bonchev–Trinajstić information content (AvgIpc) is 2.46. The van der Waals surface area contributed by atoms with E-state index in [1.54, 1.807) is 31.4 Å². The molecule has 0 aliphatic carbocycles. The number of hydrogen-bond donors (Lipinski definition) is 1. The summed E-state index contributed by atoms with van der Waals surface area (Å²) in [4.78, 5) is 11.1. The number of aliphatic hydroxyl groups excluding tert-OH is 1. The molecule has 0 saturated heterocycles. The Kier molecular flexibility index (Phi) is 5.89. The maximum Gasteiger partial charge on any atom is 0.333 e. The van der Waals surface area contributed by atoms with E-state index in [2.05, 4.69) is 4.74 Å². The lowest BCUT2D eigenvalue weighted by atomic mass is 10.1. The van der Waals surface area contributed by atoms with Crippen LogP contribution in [0.1, 0.15) is 18.1 Å². The quantitative estimate of drug-likeness (QED) is 0.483. The summed E-state index contributed by atoms with van der Waals surface area (Å²) in [6.07, 6.45) is 0.645. The van der Waals surface area contributed by atoms with Crippen molar-refractivity contribution in [1.82, 2.24) is 0 Å². The van der Waals surface area contributed by atoms with Crippen molar-refractivity contribution in [2.75, 3.05) is 21.3 Å². The van der Waals surface area contributed by atoms with Gasteiger partial charge in [0.2, 0.25) is 0 Å². The second-order valence-corrected chi connectivity index (χ2v) is 3.83. The lowest BCUT2D eigenvalue weighted by Crippen LogP contribution is -2.04. The molecular weight excluding hydrogens is 248 g/mol. The maximum absolute atomic E-state index is 11.1. The lowest BCUT2D eigenvalue weighted by Gasteiger charge is -2.13. The van der Waals surface area contributed by atoms with Crippen LogP contribution in [0.3, 0.4) is 0 Å². The Morgan fingerprint density at radius 2 is 1.84 bits per heavy atom. The number of benzene rings is 1. The fourth-order valence-corrected chi connectivity index (χ4v) is 1.53. The van der Waals surface area contributed by atoms with Gasteiger partial charge in [-0.3, -0.25) is 0 Å². The summed E-state index contributed by atoms with van der Waals surface area (Å²) in [5.41, 5.74) is 0.716. The molecule has 1 rings (SSSR count). The van der Waals surface area contributed by atoms with Crippen LogP contribution in [0.4, 0.5) is 0 Å². The van der Waals surface area contributed by atoms with Crippen LogP contribution >= 0.6 is 0 Å². The summed E-state index contributed by atoms with van der Waals surface area (Å²) in [6.45, 7) is 0. The highest BCUT2D eigenvalue weighted by Gasteiger charge is 2.12. The number of carbonyl (C=O) groups is 1. The number of methoxy groups -OCH3 is 3. The SMILES string of the molecule is COC(=O)/C=C(\CC(O)c1ccc(OC)cc1)OC. The van der Waals surface area contributed by atoms with Crippen molar-refractivity contribution < 1.29 is 24.1 Å². The lowest BCUT2D eigenvalue weighted by molar-refractivity contribution is -0.135. The van der Waals surface area contributed by atoms with Gasteiger partial charge in [0.15, 0.2) is 0 Å². The molecule has 0 fully saturated rings. The van der Waals surface area contributed by atoms with Crippen molar-refractivity contribution in [3.05, 3.63) is 41.7 Å². The Morgan fingerprint density at radius 3 is 2.32 bits per heavy atom. The fraction of sp³-hybridized carbons (Fsp3) is 0.357. The van der Waals surface area contributed by atoms with E-state index in [-0.39, 0.29) is 6.42 Å². The van der Waals surface area contributed by atoms with Crippen molar-refractivity contribution >= 4 is 5.97 Å². The Bertz CT molecular complexity index is 436. The van der Waals surface area contributed by atoms with Gasteiger partial charge in [-0.05, 0) is 17.7 Å². The molecule has 5 heteroatoms. The zero-order chi connectivity index (χ0) is 14.3. The molecule has 0 spiro atoms. The minimum absolute atomic E-state index is 0.192. The van der Waals surface area contributed by atoms with Crippen LogP contribution < -0.4 is 4.74 Å². The number of aliphatic hydroxyl groups is 1. The smallest absolute Gasteiger partial charge is 0.333 e. The van der Waals surface area contributed by atoms with Gasteiger partial charge < -0.3 is 19.3 Å². The molecule has 5 nitrogen and oxygen atoms in total. The molecule has 1 unspecified atom stereocenters. The fourth-order valence-electron chi connectivity index (χ4n) is 1.53. The topological polar surface area (TPSA) is 65.0 Å². The molecule has 0 saturated carbocycles. The van der Waals surface area contributed by atoms with Crippen LogP contribution in [0, 0.1) is 0 Å². The minimum Gasteiger partial charge on any atom is -0.501 e. The third-order valence-electron chi connectivity index (χ3n) is 2.64. The predicted octanol–water partition coefficient (Wildman–Crippen LogP) is 1.82. The second-order valence-electron chi connectivity index (χ2n) is 3.83. The summed E-state index contributed by atoms with van der Waals surface area (Å²) >= 11 is 0. The van der Waals surface area contributed by atoms with Crippen LogP contribution in [0.2, 0.25) is 0 Å². The Morgan fingerprint density at radius 1 is 1.21 bits per heavy atom. The third kappa shape index (κ3) is 4.63. The Labute approximate surface area is 112 Å². The summed E-state index contributed by atoms with van der Waals surface area (Å²) in [5, 5.41) is 10.1. The van der Waals surface area contributed by atoms with Gasteiger partial charge in [-0.1, -0.05) is 12.1 Å². The van der Waals surface area contributed by atoms with Crippen molar-refractivity contribution in [3.63, 3.8) is 0 Å². The van der Waals surface area contributed by atoms with Gasteiger partial charge in [-0.15, -0.1) is 0 Å². The molecule has 0 aliphatic rings. The van der Waals surface area contributed by atoms with Gasteiger partial charge in [0.05, 0.1) is 33.5 Å². The molecule has 104 valence electrons. The molecular formula is C14H18O5. The average molecular weight is 266 g/mol. The van der Waals surface area contributed by atoms with E-state index < -0.39 is 12.1 Å². The molecule has 1 N–H and O–H groups in total. The summed E-state index contributed by atoms with van der Waals surface area (Å²) in [7, 11) is 4.30. The molecule has 1 atom stereocenters. The van der Waals surface area contributed by atoms with Crippen LogP contribution in [0.5, 0.6) is 5.75 Å². The summed E-state index contributed by atoms with van der Waals surface area (Å²) < 4.78 is 14.6. The summed E-state index contributed by atoms with van der Waals surface area (Å²) in [5.74, 6) is 0.557. The molecule has 0 radical (unpaired) electrons. The third-order valence-corrected chi connectivity index (χ3v) is 2.64. The van der Waals surface area contributed by atoms with E-state index in [4.69, 9.17) is 9.47 Å². The van der Waals surface area contributed by atoms with Crippen molar-refractivity contribution in [2.45, 2.75) is 12.5 Å². The van der Waals surface area contributed by atoms with Crippen LogP contribution in [-0.2, 0) is 14.3 Å².